The van der Waals surface area contributed by atoms with Gasteiger partial charge in [-0.25, -0.2) is 0 Å². The summed E-state index contributed by atoms with van der Waals surface area (Å²) in [4.78, 5) is 0. The van der Waals surface area contributed by atoms with Crippen molar-refractivity contribution in [2.45, 2.75) is 104 Å². The first-order valence-electron chi connectivity index (χ1n) is 16.3. The second kappa shape index (κ2) is 11.0. The van der Waals surface area contributed by atoms with Gasteiger partial charge in [0.15, 0.2) is 0 Å². The minimum absolute atomic E-state index is 0.598. The zero-order valence-corrected chi connectivity index (χ0v) is 24.5. The van der Waals surface area contributed by atoms with E-state index in [2.05, 4.69) is 87.5 Å². The summed E-state index contributed by atoms with van der Waals surface area (Å²) in [5.74, 6) is 5.89. The lowest BCUT2D eigenvalue weighted by molar-refractivity contribution is -0.114. The third-order valence-corrected chi connectivity index (χ3v) is 12.7. The Kier molecular flexibility index (Phi) is 7.63. The quantitative estimate of drug-likeness (QED) is 0.326. The van der Waals surface area contributed by atoms with E-state index >= 15 is 0 Å². The smallest absolute Gasteiger partial charge is 0.0224 e. The summed E-state index contributed by atoms with van der Waals surface area (Å²) in [6, 6.07) is 22.0. The highest BCUT2D eigenvalue weighted by molar-refractivity contribution is 5.81. The third-order valence-electron chi connectivity index (χ3n) is 12.7. The van der Waals surface area contributed by atoms with Crippen LogP contribution in [-0.4, -0.2) is 0 Å². The maximum atomic E-state index is 2.75. The molecule has 8 atom stereocenters. The number of allylic oxidation sites excluding steroid dienone is 1. The van der Waals surface area contributed by atoms with Crippen LogP contribution in [0.3, 0.4) is 0 Å². The molecule has 0 bridgehead atoms. The lowest BCUT2D eigenvalue weighted by Crippen LogP contribution is -2.53. The van der Waals surface area contributed by atoms with E-state index in [4.69, 9.17) is 0 Å². The average molecular weight is 509 g/mol. The molecule has 0 aromatic heterocycles. The van der Waals surface area contributed by atoms with Crippen LogP contribution in [0, 0.1) is 46.3 Å². The predicted octanol–water partition coefficient (Wildman–Crippen LogP) is 11.1. The van der Waals surface area contributed by atoms with Crippen molar-refractivity contribution in [2.24, 2.45) is 46.3 Å². The van der Waals surface area contributed by atoms with E-state index in [9.17, 15) is 0 Å². The Morgan fingerprint density at radius 2 is 1.53 bits per heavy atom. The molecule has 0 heterocycles. The number of hydrogen-bond acceptors (Lipinski definition) is 0. The van der Waals surface area contributed by atoms with Crippen LogP contribution in [0.1, 0.15) is 115 Å². The van der Waals surface area contributed by atoms with Crippen molar-refractivity contribution in [3.8, 4) is 0 Å². The van der Waals surface area contributed by atoms with Crippen LogP contribution in [0.5, 0.6) is 0 Å². The van der Waals surface area contributed by atoms with Gasteiger partial charge in [0.1, 0.15) is 0 Å². The topological polar surface area (TPSA) is 0 Å². The van der Waals surface area contributed by atoms with E-state index in [1.54, 1.807) is 12.8 Å². The van der Waals surface area contributed by atoms with Crippen LogP contribution >= 0.6 is 0 Å². The Labute approximate surface area is 233 Å². The summed E-state index contributed by atoms with van der Waals surface area (Å²) in [6.45, 7) is 8.10. The minimum atomic E-state index is 0.598. The van der Waals surface area contributed by atoms with Gasteiger partial charge in [-0.05, 0) is 127 Å². The van der Waals surface area contributed by atoms with Crippen molar-refractivity contribution in [1.82, 2.24) is 0 Å². The van der Waals surface area contributed by atoms with E-state index in [0.29, 0.717) is 10.8 Å². The summed E-state index contributed by atoms with van der Waals surface area (Å²) < 4.78 is 0. The molecule has 38 heavy (non-hydrogen) atoms. The van der Waals surface area contributed by atoms with E-state index in [0.717, 1.165) is 35.5 Å². The highest BCUT2D eigenvalue weighted by Crippen LogP contribution is 2.68. The molecule has 0 amide bonds. The van der Waals surface area contributed by atoms with E-state index in [-0.39, 0.29) is 0 Å². The zero-order chi connectivity index (χ0) is 26.2. The van der Waals surface area contributed by atoms with Gasteiger partial charge < -0.3 is 0 Å². The summed E-state index contributed by atoms with van der Waals surface area (Å²) in [6.07, 6.45) is 21.5. The molecule has 0 heteroatoms. The third kappa shape index (κ3) is 4.84. The number of rotatable bonds is 7. The number of hydrogen-bond donors (Lipinski definition) is 0. The normalized spacial score (nSPS) is 37.7. The summed E-state index contributed by atoms with van der Waals surface area (Å²) in [5.41, 5.74) is 5.48. The standard InChI is InChI=1S/C38H52/c1-28(13-12-18-31(30-16-8-5-9-17-30)27-29-14-6-4-7-15-29)34-22-23-35-33-21-20-32-19-10-11-25-37(32,2)36(33)24-26-38(34,35)3/h4-9,14-17,27-28,32-36H,10-13,18-26H2,1-3H3/t28-,32?,33+,34-,35+,36+,37+,38-/m1/s1. The second-order valence-corrected chi connectivity index (χ2v) is 14.4. The van der Waals surface area contributed by atoms with Gasteiger partial charge in [0, 0.05) is 0 Å². The fourth-order valence-corrected chi connectivity index (χ4v) is 10.8. The zero-order valence-electron chi connectivity index (χ0n) is 24.5. The molecule has 4 aliphatic rings. The molecule has 0 radical (unpaired) electrons. The van der Waals surface area contributed by atoms with Crippen molar-refractivity contribution in [3.05, 3.63) is 71.8 Å². The van der Waals surface area contributed by atoms with Gasteiger partial charge in [-0.3, -0.25) is 0 Å². The highest BCUT2D eigenvalue weighted by Gasteiger charge is 2.60. The lowest BCUT2D eigenvalue weighted by atomic mass is 9.44. The fourth-order valence-electron chi connectivity index (χ4n) is 10.8. The second-order valence-electron chi connectivity index (χ2n) is 14.4. The van der Waals surface area contributed by atoms with Gasteiger partial charge in [-0.15, -0.1) is 0 Å². The van der Waals surface area contributed by atoms with Crippen LogP contribution in [-0.2, 0) is 0 Å². The Balaban J connectivity index is 1.12. The molecular formula is C38H52. The van der Waals surface area contributed by atoms with Crippen LogP contribution < -0.4 is 0 Å². The molecule has 4 saturated carbocycles. The first-order chi connectivity index (χ1) is 18.5. The van der Waals surface area contributed by atoms with Crippen molar-refractivity contribution in [3.63, 3.8) is 0 Å². The first-order valence-corrected chi connectivity index (χ1v) is 16.3. The largest absolute Gasteiger partial charge is 0.0622 e. The molecule has 0 saturated heterocycles. The molecule has 0 N–H and O–H groups in total. The molecular weight excluding hydrogens is 456 g/mol. The van der Waals surface area contributed by atoms with Gasteiger partial charge in [-0.2, -0.15) is 0 Å². The molecule has 0 nitrogen and oxygen atoms in total. The summed E-state index contributed by atoms with van der Waals surface area (Å²) in [7, 11) is 0. The molecule has 6 rings (SSSR count). The van der Waals surface area contributed by atoms with Crippen molar-refractivity contribution in [2.75, 3.05) is 0 Å². The number of fused-ring (bicyclic) bond motifs is 5. The lowest BCUT2D eigenvalue weighted by Gasteiger charge is -2.61. The maximum absolute atomic E-state index is 2.75. The van der Waals surface area contributed by atoms with Crippen LogP contribution in [0.25, 0.3) is 11.6 Å². The van der Waals surface area contributed by atoms with Crippen molar-refractivity contribution >= 4 is 11.6 Å². The number of benzene rings is 2. The fraction of sp³-hybridized carbons (Fsp3) is 0.632. The monoisotopic (exact) mass is 508 g/mol. The maximum Gasteiger partial charge on any atom is -0.0224 e. The molecule has 2 aromatic carbocycles. The van der Waals surface area contributed by atoms with E-state index in [1.165, 1.54) is 87.3 Å². The van der Waals surface area contributed by atoms with Crippen LogP contribution in [0.4, 0.5) is 0 Å². The Hall–Kier alpha value is -1.82. The van der Waals surface area contributed by atoms with Crippen LogP contribution in [0.15, 0.2) is 60.7 Å². The first kappa shape index (κ1) is 26.4. The average Bonchev–Trinajstić information content (AvgIpc) is 3.30. The predicted molar refractivity (Wildman–Crippen MR) is 164 cm³/mol. The van der Waals surface area contributed by atoms with Crippen molar-refractivity contribution in [1.29, 1.82) is 0 Å². The van der Waals surface area contributed by atoms with E-state index in [1.807, 2.05) is 0 Å². The van der Waals surface area contributed by atoms with Crippen molar-refractivity contribution < 1.29 is 0 Å². The molecule has 0 aliphatic heterocycles. The van der Waals surface area contributed by atoms with Gasteiger partial charge >= 0.3 is 0 Å². The van der Waals surface area contributed by atoms with Gasteiger partial charge in [-0.1, -0.05) is 107 Å². The van der Waals surface area contributed by atoms with Gasteiger partial charge in [0.25, 0.3) is 0 Å². The Morgan fingerprint density at radius 3 is 2.32 bits per heavy atom. The summed E-state index contributed by atoms with van der Waals surface area (Å²) in [5, 5.41) is 0. The Morgan fingerprint density at radius 1 is 0.789 bits per heavy atom. The highest BCUT2D eigenvalue weighted by atomic mass is 14.6. The van der Waals surface area contributed by atoms with Crippen LogP contribution in [0.2, 0.25) is 0 Å². The minimum Gasteiger partial charge on any atom is -0.0622 e. The molecule has 4 fully saturated rings. The molecule has 1 unspecified atom stereocenters. The molecule has 204 valence electrons. The summed E-state index contributed by atoms with van der Waals surface area (Å²) >= 11 is 0. The van der Waals surface area contributed by atoms with E-state index < -0.39 is 0 Å². The Bertz CT molecular complexity index is 1080. The molecule has 2 aromatic rings. The van der Waals surface area contributed by atoms with Gasteiger partial charge in [0.2, 0.25) is 0 Å². The molecule has 4 aliphatic carbocycles. The van der Waals surface area contributed by atoms with Gasteiger partial charge in [0.05, 0.1) is 0 Å². The SMILES string of the molecule is C[C@H](CCCC(=Cc1ccccc1)c1ccccc1)[C@H]1CC[C@H]2[C@@H]3CCC4CCCC[C@]4(C)[C@H]3CC[C@]12C. The molecule has 0 spiro atoms.